The summed E-state index contributed by atoms with van der Waals surface area (Å²) in [5.74, 6) is 3.52. The molecule has 1 nitrogen and oxygen atoms in total. The van der Waals surface area contributed by atoms with Crippen molar-refractivity contribution in [1.82, 2.24) is 0 Å². The third-order valence-corrected chi connectivity index (χ3v) is 6.28. The molecule has 2 saturated carbocycles. The van der Waals surface area contributed by atoms with Gasteiger partial charge in [0.15, 0.2) is 0 Å². The molecule has 104 valence electrons. The molecule has 0 bridgehead atoms. The molecule has 2 fully saturated rings. The van der Waals surface area contributed by atoms with Gasteiger partial charge in [-0.25, -0.2) is 0 Å². The minimum Gasteiger partial charge on any atom is -0.496 e. The van der Waals surface area contributed by atoms with Gasteiger partial charge in [-0.1, -0.05) is 15.9 Å². The maximum absolute atomic E-state index is 6.83. The van der Waals surface area contributed by atoms with E-state index in [0.29, 0.717) is 5.92 Å². The molecule has 0 aliphatic heterocycles. The van der Waals surface area contributed by atoms with E-state index in [1.54, 1.807) is 7.11 Å². The van der Waals surface area contributed by atoms with Crippen molar-refractivity contribution < 1.29 is 4.74 Å². The van der Waals surface area contributed by atoms with Gasteiger partial charge < -0.3 is 4.74 Å². The second-order valence-corrected chi connectivity index (χ2v) is 7.46. The number of rotatable bonds is 3. The van der Waals surface area contributed by atoms with Crippen LogP contribution in [-0.4, -0.2) is 7.11 Å². The van der Waals surface area contributed by atoms with Crippen LogP contribution in [0.25, 0.3) is 0 Å². The van der Waals surface area contributed by atoms with Gasteiger partial charge in [0.25, 0.3) is 0 Å². The SMILES string of the molecule is COc1c(C)cc(Br)c(C)c1C(Cl)C1CC2CC2C1. The number of ether oxygens (including phenoxy) is 1. The second-order valence-electron chi connectivity index (χ2n) is 6.14. The fourth-order valence-electron chi connectivity index (χ4n) is 3.71. The van der Waals surface area contributed by atoms with Crippen LogP contribution in [0.2, 0.25) is 0 Å². The summed E-state index contributed by atoms with van der Waals surface area (Å²) < 4.78 is 6.76. The first kappa shape index (κ1) is 13.8. The van der Waals surface area contributed by atoms with E-state index in [0.717, 1.165) is 27.6 Å². The summed E-state index contributed by atoms with van der Waals surface area (Å²) in [5, 5.41) is 0.0824. The number of fused-ring (bicyclic) bond motifs is 1. The van der Waals surface area contributed by atoms with Crippen molar-refractivity contribution in [2.75, 3.05) is 7.11 Å². The Labute approximate surface area is 128 Å². The number of methoxy groups -OCH3 is 1. The largest absolute Gasteiger partial charge is 0.496 e. The van der Waals surface area contributed by atoms with Gasteiger partial charge in [-0.05, 0) is 68.1 Å². The number of benzene rings is 1. The van der Waals surface area contributed by atoms with Crippen molar-refractivity contribution in [2.24, 2.45) is 17.8 Å². The van der Waals surface area contributed by atoms with Gasteiger partial charge in [0.05, 0.1) is 12.5 Å². The van der Waals surface area contributed by atoms with Crippen molar-refractivity contribution in [3.63, 3.8) is 0 Å². The van der Waals surface area contributed by atoms with Crippen LogP contribution in [0.4, 0.5) is 0 Å². The number of hydrogen-bond acceptors (Lipinski definition) is 1. The molecule has 0 saturated heterocycles. The summed E-state index contributed by atoms with van der Waals surface area (Å²) in [6.45, 7) is 4.22. The topological polar surface area (TPSA) is 9.23 Å². The van der Waals surface area contributed by atoms with Gasteiger partial charge in [0, 0.05) is 10.0 Å². The Hall–Kier alpha value is -0.210. The molecule has 0 aromatic heterocycles. The summed E-state index contributed by atoms with van der Waals surface area (Å²) in [7, 11) is 1.74. The van der Waals surface area contributed by atoms with Crippen LogP contribution in [0, 0.1) is 31.6 Å². The van der Waals surface area contributed by atoms with E-state index in [-0.39, 0.29) is 5.38 Å². The minimum atomic E-state index is 0.0824. The first-order chi connectivity index (χ1) is 9.02. The van der Waals surface area contributed by atoms with Crippen LogP contribution in [0.15, 0.2) is 10.5 Å². The molecule has 1 aromatic rings. The van der Waals surface area contributed by atoms with Gasteiger partial charge in [-0.3, -0.25) is 0 Å². The Morgan fingerprint density at radius 3 is 2.47 bits per heavy atom. The summed E-state index contributed by atoms with van der Waals surface area (Å²) in [5.41, 5.74) is 3.58. The molecule has 0 N–H and O–H groups in total. The van der Waals surface area contributed by atoms with Gasteiger partial charge in [-0.15, -0.1) is 11.6 Å². The lowest BCUT2D eigenvalue weighted by Gasteiger charge is -2.24. The van der Waals surface area contributed by atoms with E-state index < -0.39 is 0 Å². The predicted molar refractivity (Wildman–Crippen MR) is 83.1 cm³/mol. The second kappa shape index (κ2) is 4.96. The number of aryl methyl sites for hydroxylation is 1. The van der Waals surface area contributed by atoms with Crippen molar-refractivity contribution >= 4 is 27.5 Å². The van der Waals surface area contributed by atoms with E-state index >= 15 is 0 Å². The van der Waals surface area contributed by atoms with Gasteiger partial charge in [0.2, 0.25) is 0 Å². The van der Waals surface area contributed by atoms with Crippen molar-refractivity contribution in [3.8, 4) is 5.75 Å². The van der Waals surface area contributed by atoms with Gasteiger partial charge >= 0.3 is 0 Å². The van der Waals surface area contributed by atoms with Crippen LogP contribution < -0.4 is 4.74 Å². The molecule has 1 aromatic carbocycles. The molecule has 3 heteroatoms. The fraction of sp³-hybridized carbons (Fsp3) is 0.625. The van der Waals surface area contributed by atoms with Crippen LogP contribution in [0.1, 0.15) is 41.3 Å². The van der Waals surface area contributed by atoms with E-state index in [2.05, 4.69) is 35.8 Å². The maximum Gasteiger partial charge on any atom is 0.126 e. The molecule has 2 aliphatic rings. The molecular formula is C16H20BrClO. The number of alkyl halides is 1. The first-order valence-electron chi connectivity index (χ1n) is 7.00. The molecule has 19 heavy (non-hydrogen) atoms. The summed E-state index contributed by atoms with van der Waals surface area (Å²) in [6, 6.07) is 2.12. The molecule has 3 atom stereocenters. The molecule has 0 amide bonds. The molecular weight excluding hydrogens is 324 g/mol. The lowest BCUT2D eigenvalue weighted by molar-refractivity contribution is 0.394. The van der Waals surface area contributed by atoms with Crippen molar-refractivity contribution in [1.29, 1.82) is 0 Å². The standard InChI is InChI=1S/C16H20BrClO/c1-8-4-13(17)9(2)14(16(8)19-3)15(18)12-6-10-5-11(10)7-12/h4,10-12,15H,5-7H2,1-3H3. The zero-order chi connectivity index (χ0) is 13.7. The van der Waals surface area contributed by atoms with E-state index in [1.165, 1.54) is 30.4 Å². The number of halogens is 2. The van der Waals surface area contributed by atoms with Gasteiger partial charge in [0.1, 0.15) is 5.75 Å². The Kier molecular flexibility index (Phi) is 3.59. The van der Waals surface area contributed by atoms with E-state index in [9.17, 15) is 0 Å². The quantitative estimate of drug-likeness (QED) is 0.668. The highest BCUT2D eigenvalue weighted by Gasteiger charge is 2.48. The maximum atomic E-state index is 6.83. The van der Waals surface area contributed by atoms with E-state index in [1.807, 2.05) is 0 Å². The summed E-state index contributed by atoms with van der Waals surface area (Å²) in [4.78, 5) is 0. The Morgan fingerprint density at radius 2 is 1.89 bits per heavy atom. The highest BCUT2D eigenvalue weighted by atomic mass is 79.9. The molecule has 0 radical (unpaired) electrons. The molecule has 0 heterocycles. The third kappa shape index (κ3) is 2.31. The summed E-state index contributed by atoms with van der Waals surface area (Å²) in [6.07, 6.45) is 4.04. The Bertz CT molecular complexity index is 504. The molecule has 3 rings (SSSR count). The van der Waals surface area contributed by atoms with Crippen LogP contribution >= 0.6 is 27.5 Å². The third-order valence-electron chi connectivity index (χ3n) is 4.88. The van der Waals surface area contributed by atoms with Crippen LogP contribution in [0.3, 0.4) is 0 Å². The smallest absolute Gasteiger partial charge is 0.126 e. The lowest BCUT2D eigenvalue weighted by Crippen LogP contribution is -2.10. The molecule has 2 aliphatic carbocycles. The van der Waals surface area contributed by atoms with Crippen LogP contribution in [-0.2, 0) is 0 Å². The lowest BCUT2D eigenvalue weighted by atomic mass is 9.90. The monoisotopic (exact) mass is 342 g/mol. The zero-order valence-corrected chi connectivity index (χ0v) is 14.0. The predicted octanol–water partition coefficient (Wildman–Crippen LogP) is 5.40. The first-order valence-corrected chi connectivity index (χ1v) is 8.23. The average molecular weight is 344 g/mol. The van der Waals surface area contributed by atoms with Gasteiger partial charge in [-0.2, -0.15) is 0 Å². The average Bonchev–Trinajstić information content (AvgIpc) is 2.99. The molecule has 3 unspecified atom stereocenters. The van der Waals surface area contributed by atoms with Crippen molar-refractivity contribution in [2.45, 2.75) is 38.5 Å². The Morgan fingerprint density at radius 1 is 1.26 bits per heavy atom. The summed E-state index contributed by atoms with van der Waals surface area (Å²) >= 11 is 10.5. The van der Waals surface area contributed by atoms with E-state index in [4.69, 9.17) is 16.3 Å². The highest BCUT2D eigenvalue weighted by Crippen LogP contribution is 2.59. The minimum absolute atomic E-state index is 0.0824. The van der Waals surface area contributed by atoms with Crippen LogP contribution in [0.5, 0.6) is 5.75 Å². The molecule has 0 spiro atoms. The normalized spacial score (nSPS) is 30.1. The fourth-order valence-corrected chi connectivity index (χ4v) is 4.74. The zero-order valence-electron chi connectivity index (χ0n) is 11.7. The van der Waals surface area contributed by atoms with Crippen molar-refractivity contribution in [3.05, 3.63) is 27.2 Å². The number of hydrogen-bond donors (Lipinski definition) is 0. The highest BCUT2D eigenvalue weighted by molar-refractivity contribution is 9.10. The Balaban J connectivity index is 1.98.